The van der Waals surface area contributed by atoms with Crippen molar-refractivity contribution in [1.29, 1.82) is 5.26 Å². The summed E-state index contributed by atoms with van der Waals surface area (Å²) in [4.78, 5) is 0. The molecule has 0 aliphatic rings. The van der Waals surface area contributed by atoms with Gasteiger partial charge in [0, 0.05) is 12.5 Å². The van der Waals surface area contributed by atoms with E-state index in [2.05, 4.69) is 60.5 Å². The largest absolute Gasteiger partial charge is 0.198 e. The van der Waals surface area contributed by atoms with Crippen LogP contribution in [0.4, 0.5) is 0 Å². The molecule has 0 saturated carbocycles. The summed E-state index contributed by atoms with van der Waals surface area (Å²) in [5.74, 6) is 0. The van der Waals surface area contributed by atoms with Crippen molar-refractivity contribution < 1.29 is 0 Å². The molecule has 62 valence electrons. The van der Waals surface area contributed by atoms with Gasteiger partial charge in [0.2, 0.25) is 0 Å². The smallest absolute Gasteiger partial charge is 0.0669 e. The van der Waals surface area contributed by atoms with Crippen LogP contribution in [0.2, 0.25) is 0 Å². The van der Waals surface area contributed by atoms with Crippen LogP contribution >= 0.6 is 54.5 Å². The molecule has 1 aromatic carbocycles. The Hall–Kier alpha value is 0.400. The van der Waals surface area contributed by atoms with Gasteiger partial charge in [-0.3, -0.25) is 0 Å². The van der Waals surface area contributed by atoms with E-state index in [-0.39, 0.29) is 0 Å². The van der Waals surface area contributed by atoms with Gasteiger partial charge < -0.3 is 0 Å². The molecular formula is C8H4Br2IN. The average Bonchev–Trinajstić information content (AvgIpc) is 2.01. The number of halogens is 3. The summed E-state index contributed by atoms with van der Waals surface area (Å²) in [5, 5.41) is 8.49. The van der Waals surface area contributed by atoms with Gasteiger partial charge in [-0.25, -0.2) is 0 Å². The molecule has 1 aromatic rings. The molecule has 0 radical (unpaired) electrons. The van der Waals surface area contributed by atoms with Gasteiger partial charge in [0.15, 0.2) is 0 Å². The van der Waals surface area contributed by atoms with E-state index in [9.17, 15) is 0 Å². The van der Waals surface area contributed by atoms with Crippen LogP contribution in [0.1, 0.15) is 5.56 Å². The quantitative estimate of drug-likeness (QED) is 0.518. The maximum Gasteiger partial charge on any atom is 0.0669 e. The Morgan fingerprint density at radius 1 is 1.42 bits per heavy atom. The summed E-state index contributed by atoms with van der Waals surface area (Å²) in [5.41, 5.74) is 1.04. The average molecular weight is 401 g/mol. The Morgan fingerprint density at radius 2 is 2.08 bits per heavy atom. The molecule has 0 unspecified atom stereocenters. The van der Waals surface area contributed by atoms with Crippen LogP contribution in [0.25, 0.3) is 0 Å². The Morgan fingerprint density at radius 3 is 2.58 bits per heavy atom. The lowest BCUT2D eigenvalue weighted by Crippen LogP contribution is -1.85. The summed E-state index contributed by atoms with van der Waals surface area (Å²) >= 11 is 9.06. The number of nitrogens with zero attached hydrogens (tertiary/aromatic N) is 1. The third-order valence-electron chi connectivity index (χ3n) is 1.33. The van der Waals surface area contributed by atoms with E-state index >= 15 is 0 Å². The highest BCUT2D eigenvalue weighted by Gasteiger charge is 2.03. The molecule has 0 spiro atoms. The molecule has 0 N–H and O–H groups in total. The molecular weight excluding hydrogens is 397 g/mol. The zero-order chi connectivity index (χ0) is 9.14. The lowest BCUT2D eigenvalue weighted by atomic mass is 10.2. The lowest BCUT2D eigenvalue weighted by Gasteiger charge is -2.02. The molecule has 1 rings (SSSR count). The summed E-state index contributed by atoms with van der Waals surface area (Å²) in [6.45, 7) is 0. The minimum Gasteiger partial charge on any atom is -0.198 e. The van der Waals surface area contributed by atoms with Gasteiger partial charge >= 0.3 is 0 Å². The first-order valence-electron chi connectivity index (χ1n) is 3.15. The molecule has 0 aliphatic heterocycles. The molecule has 0 atom stereocenters. The van der Waals surface area contributed by atoms with E-state index in [0.717, 1.165) is 18.1 Å². The molecule has 0 aliphatic carbocycles. The van der Waals surface area contributed by atoms with Crippen molar-refractivity contribution in [2.45, 2.75) is 6.42 Å². The van der Waals surface area contributed by atoms with Gasteiger partial charge in [0.05, 0.1) is 12.5 Å². The third kappa shape index (κ3) is 2.44. The van der Waals surface area contributed by atoms with Crippen LogP contribution in [0.15, 0.2) is 21.1 Å². The van der Waals surface area contributed by atoms with Crippen LogP contribution in [-0.4, -0.2) is 0 Å². The highest BCUT2D eigenvalue weighted by Crippen LogP contribution is 2.29. The zero-order valence-corrected chi connectivity index (χ0v) is 11.3. The predicted molar refractivity (Wildman–Crippen MR) is 63.9 cm³/mol. The van der Waals surface area contributed by atoms with Gasteiger partial charge in [-0.2, -0.15) is 5.26 Å². The van der Waals surface area contributed by atoms with Gasteiger partial charge in [-0.15, -0.1) is 0 Å². The molecule has 0 aromatic heterocycles. The summed E-state index contributed by atoms with van der Waals surface area (Å²) in [7, 11) is 0. The highest BCUT2D eigenvalue weighted by atomic mass is 127. The number of benzene rings is 1. The monoisotopic (exact) mass is 399 g/mol. The number of hydrogen-bond acceptors (Lipinski definition) is 1. The van der Waals surface area contributed by atoms with E-state index < -0.39 is 0 Å². The molecule has 12 heavy (non-hydrogen) atoms. The number of nitriles is 1. The van der Waals surface area contributed by atoms with Gasteiger partial charge in [0.1, 0.15) is 0 Å². The van der Waals surface area contributed by atoms with Crippen LogP contribution in [0, 0.1) is 14.9 Å². The van der Waals surface area contributed by atoms with Crippen molar-refractivity contribution in [3.8, 4) is 6.07 Å². The fourth-order valence-corrected chi connectivity index (χ4v) is 2.60. The lowest BCUT2D eigenvalue weighted by molar-refractivity contribution is 1.24. The molecule has 1 nitrogen and oxygen atoms in total. The summed E-state index contributed by atoms with van der Waals surface area (Å²) < 4.78 is 3.16. The van der Waals surface area contributed by atoms with Gasteiger partial charge in [-0.1, -0.05) is 0 Å². The van der Waals surface area contributed by atoms with Crippen molar-refractivity contribution >= 4 is 54.5 Å². The van der Waals surface area contributed by atoms with Crippen LogP contribution in [-0.2, 0) is 6.42 Å². The second kappa shape index (κ2) is 4.58. The number of hydrogen-bond donors (Lipinski definition) is 0. The number of rotatable bonds is 1. The predicted octanol–water partition coefficient (Wildman–Crippen LogP) is 3.88. The first kappa shape index (κ1) is 10.5. The van der Waals surface area contributed by atoms with Crippen LogP contribution in [0.3, 0.4) is 0 Å². The standard InChI is InChI=1S/C8H4Br2IN/c9-6-3-5(1-2-12)4-7(11)8(6)10/h3-4H,1H2. The first-order chi connectivity index (χ1) is 5.65. The minimum atomic E-state index is 0.460. The topological polar surface area (TPSA) is 23.8 Å². The van der Waals surface area contributed by atoms with Crippen molar-refractivity contribution in [3.63, 3.8) is 0 Å². The minimum absolute atomic E-state index is 0.460. The molecule has 0 fully saturated rings. The van der Waals surface area contributed by atoms with Crippen molar-refractivity contribution in [1.82, 2.24) is 0 Å². The second-order valence-corrected chi connectivity index (χ2v) is 5.02. The maximum absolute atomic E-state index is 8.49. The van der Waals surface area contributed by atoms with E-state index in [0.29, 0.717) is 6.42 Å². The Labute approximate surface area is 102 Å². The zero-order valence-electron chi connectivity index (χ0n) is 5.94. The highest BCUT2D eigenvalue weighted by molar-refractivity contribution is 14.1. The normalized spacial score (nSPS) is 9.50. The summed E-state index contributed by atoms with van der Waals surface area (Å²) in [6, 6.07) is 6.07. The Kier molecular flexibility index (Phi) is 4.00. The molecule has 4 heteroatoms. The summed E-state index contributed by atoms with van der Waals surface area (Å²) in [6.07, 6.45) is 0.460. The molecule has 0 saturated heterocycles. The van der Waals surface area contributed by atoms with Gasteiger partial charge in [0.25, 0.3) is 0 Å². The van der Waals surface area contributed by atoms with Gasteiger partial charge in [-0.05, 0) is 72.1 Å². The Bertz CT molecular complexity index is 320. The SMILES string of the molecule is N#CCc1cc(Br)c(Br)c(I)c1. The molecule has 0 bridgehead atoms. The first-order valence-corrected chi connectivity index (χ1v) is 5.82. The van der Waals surface area contributed by atoms with Crippen LogP contribution < -0.4 is 0 Å². The fraction of sp³-hybridized carbons (Fsp3) is 0.125. The maximum atomic E-state index is 8.49. The van der Waals surface area contributed by atoms with Crippen molar-refractivity contribution in [2.75, 3.05) is 0 Å². The van der Waals surface area contributed by atoms with Crippen LogP contribution in [0.5, 0.6) is 0 Å². The Balaban J connectivity index is 3.14. The molecule has 0 heterocycles. The van der Waals surface area contributed by atoms with E-state index in [4.69, 9.17) is 5.26 Å². The third-order valence-corrected chi connectivity index (χ3v) is 4.93. The van der Waals surface area contributed by atoms with Crippen molar-refractivity contribution in [2.24, 2.45) is 0 Å². The van der Waals surface area contributed by atoms with E-state index in [1.807, 2.05) is 12.1 Å². The fourth-order valence-electron chi connectivity index (χ4n) is 0.801. The second-order valence-electron chi connectivity index (χ2n) is 2.21. The molecule has 0 amide bonds. The van der Waals surface area contributed by atoms with Crippen molar-refractivity contribution in [3.05, 3.63) is 30.2 Å². The van der Waals surface area contributed by atoms with E-state index in [1.165, 1.54) is 0 Å². The van der Waals surface area contributed by atoms with E-state index in [1.54, 1.807) is 0 Å².